The fraction of sp³-hybridized carbons (Fsp3) is 0.214. The van der Waals surface area contributed by atoms with E-state index in [4.69, 9.17) is 0 Å². The lowest BCUT2D eigenvalue weighted by Gasteiger charge is -2.06. The summed E-state index contributed by atoms with van der Waals surface area (Å²) in [5, 5.41) is 5.61. The van der Waals surface area contributed by atoms with Crippen LogP contribution < -0.4 is 5.32 Å². The van der Waals surface area contributed by atoms with Crippen molar-refractivity contribution in [2.24, 2.45) is 0 Å². The van der Waals surface area contributed by atoms with Crippen LogP contribution in [0.4, 0.5) is 5.69 Å². The monoisotopic (exact) mass is 213 g/mol. The molecule has 0 radical (unpaired) electrons. The van der Waals surface area contributed by atoms with Gasteiger partial charge in [-0.05, 0) is 35.4 Å². The zero-order valence-corrected chi connectivity index (χ0v) is 9.36. The molecule has 0 spiro atoms. The van der Waals surface area contributed by atoms with E-state index in [-0.39, 0.29) is 0 Å². The average molecular weight is 213 g/mol. The fourth-order valence-electron chi connectivity index (χ4n) is 1.72. The van der Waals surface area contributed by atoms with Gasteiger partial charge in [0.1, 0.15) is 6.29 Å². The molecule has 2 aromatic carbocycles. The van der Waals surface area contributed by atoms with E-state index in [0.29, 0.717) is 0 Å². The molecule has 0 fully saturated rings. The van der Waals surface area contributed by atoms with E-state index < -0.39 is 0 Å². The third-order valence-electron chi connectivity index (χ3n) is 2.58. The van der Waals surface area contributed by atoms with E-state index >= 15 is 0 Å². The van der Waals surface area contributed by atoms with Gasteiger partial charge in [0.2, 0.25) is 0 Å². The van der Waals surface area contributed by atoms with Gasteiger partial charge < -0.3 is 5.32 Å². The summed E-state index contributed by atoms with van der Waals surface area (Å²) in [6.45, 7) is 3.13. The van der Waals surface area contributed by atoms with Crippen molar-refractivity contribution in [3.63, 3.8) is 0 Å². The summed E-state index contributed by atoms with van der Waals surface area (Å²) in [7, 11) is 0. The first-order valence-electron chi connectivity index (χ1n) is 5.56. The van der Waals surface area contributed by atoms with Crippen LogP contribution in [0, 0.1) is 0 Å². The number of rotatable bonds is 4. The van der Waals surface area contributed by atoms with Crippen molar-refractivity contribution in [2.45, 2.75) is 13.3 Å². The lowest BCUT2D eigenvalue weighted by Crippen LogP contribution is -1.98. The van der Waals surface area contributed by atoms with Crippen molar-refractivity contribution in [2.75, 3.05) is 11.9 Å². The Labute approximate surface area is 95.3 Å². The zero-order valence-electron chi connectivity index (χ0n) is 9.36. The van der Waals surface area contributed by atoms with Crippen molar-refractivity contribution in [1.82, 2.24) is 0 Å². The van der Waals surface area contributed by atoms with Crippen molar-refractivity contribution in [3.8, 4) is 0 Å². The van der Waals surface area contributed by atoms with Gasteiger partial charge in [-0.2, -0.15) is 0 Å². The Morgan fingerprint density at radius 2 is 1.88 bits per heavy atom. The molecule has 0 atom stereocenters. The highest BCUT2D eigenvalue weighted by molar-refractivity contribution is 5.90. The third-order valence-corrected chi connectivity index (χ3v) is 2.58. The molecule has 1 N–H and O–H groups in total. The molecule has 2 aromatic rings. The van der Waals surface area contributed by atoms with Gasteiger partial charge in [-0.25, -0.2) is 0 Å². The van der Waals surface area contributed by atoms with Crippen LogP contribution in [-0.2, 0) is 0 Å². The number of nitrogens with one attached hydrogen (secondary N) is 1. The first-order valence-corrected chi connectivity index (χ1v) is 5.56. The van der Waals surface area contributed by atoms with Gasteiger partial charge in [0.15, 0.2) is 0 Å². The van der Waals surface area contributed by atoms with E-state index in [0.717, 1.165) is 41.3 Å². The molecule has 0 bridgehead atoms. The number of fused-ring (bicyclic) bond motifs is 1. The summed E-state index contributed by atoms with van der Waals surface area (Å²) < 4.78 is 0. The van der Waals surface area contributed by atoms with E-state index in [1.807, 2.05) is 30.3 Å². The minimum atomic E-state index is 0.724. The number of hydrogen-bond donors (Lipinski definition) is 1. The molecule has 0 aliphatic rings. The Bertz CT molecular complexity index is 505. The second kappa shape index (κ2) is 4.79. The van der Waals surface area contributed by atoms with Crippen LogP contribution in [0.2, 0.25) is 0 Å². The number of hydrogen-bond acceptors (Lipinski definition) is 2. The van der Waals surface area contributed by atoms with Gasteiger partial charge in [-0.15, -0.1) is 0 Å². The van der Waals surface area contributed by atoms with Gasteiger partial charge in [-0.1, -0.05) is 25.1 Å². The van der Waals surface area contributed by atoms with Gasteiger partial charge >= 0.3 is 0 Å². The molecule has 0 aromatic heterocycles. The van der Waals surface area contributed by atoms with Gasteiger partial charge in [-0.3, -0.25) is 4.79 Å². The predicted octanol–water partition coefficient (Wildman–Crippen LogP) is 3.47. The van der Waals surface area contributed by atoms with Gasteiger partial charge in [0.25, 0.3) is 0 Å². The van der Waals surface area contributed by atoms with Crippen LogP contribution >= 0.6 is 0 Å². The van der Waals surface area contributed by atoms with Crippen molar-refractivity contribution in [3.05, 3.63) is 42.0 Å². The molecule has 0 aliphatic heterocycles. The Balaban J connectivity index is 2.35. The minimum absolute atomic E-state index is 0.724. The standard InChI is InChI=1S/C14H15NO/c1-2-7-15-14-6-5-12-8-11(10-16)3-4-13(12)9-14/h3-6,8-10,15H,2,7H2,1H3. The summed E-state index contributed by atoms with van der Waals surface area (Å²) in [4.78, 5) is 10.6. The topological polar surface area (TPSA) is 29.1 Å². The minimum Gasteiger partial charge on any atom is -0.385 e. The van der Waals surface area contributed by atoms with Gasteiger partial charge in [0, 0.05) is 17.8 Å². The van der Waals surface area contributed by atoms with Crippen LogP contribution in [-0.4, -0.2) is 12.8 Å². The molecule has 0 aliphatic carbocycles. The molecule has 0 saturated heterocycles. The van der Waals surface area contributed by atoms with Crippen LogP contribution in [0.15, 0.2) is 36.4 Å². The number of carbonyl (C=O) groups excluding carboxylic acids is 1. The summed E-state index contributed by atoms with van der Waals surface area (Å²) in [6.07, 6.45) is 1.99. The summed E-state index contributed by atoms with van der Waals surface area (Å²) in [6, 6.07) is 11.9. The summed E-state index contributed by atoms with van der Waals surface area (Å²) in [5.74, 6) is 0. The molecule has 82 valence electrons. The molecule has 2 nitrogen and oxygen atoms in total. The maximum atomic E-state index is 10.6. The molecule has 0 unspecified atom stereocenters. The zero-order chi connectivity index (χ0) is 11.4. The second-order valence-corrected chi connectivity index (χ2v) is 3.87. The number of anilines is 1. The largest absolute Gasteiger partial charge is 0.385 e. The Morgan fingerprint density at radius 3 is 2.62 bits per heavy atom. The number of aldehydes is 1. The van der Waals surface area contributed by atoms with Crippen molar-refractivity contribution < 1.29 is 4.79 Å². The second-order valence-electron chi connectivity index (χ2n) is 3.87. The Kier molecular flexibility index (Phi) is 3.20. The lowest BCUT2D eigenvalue weighted by atomic mass is 10.1. The maximum Gasteiger partial charge on any atom is 0.150 e. The molecular formula is C14H15NO. The highest BCUT2D eigenvalue weighted by Gasteiger charge is 1.97. The molecule has 2 rings (SSSR count). The van der Waals surface area contributed by atoms with Crippen molar-refractivity contribution >= 4 is 22.7 Å². The summed E-state index contributed by atoms with van der Waals surface area (Å²) >= 11 is 0. The van der Waals surface area contributed by atoms with E-state index in [1.54, 1.807) is 0 Å². The predicted molar refractivity (Wildman–Crippen MR) is 68.1 cm³/mol. The first kappa shape index (κ1) is 10.7. The average Bonchev–Trinajstić information content (AvgIpc) is 2.35. The van der Waals surface area contributed by atoms with Crippen LogP contribution in [0.1, 0.15) is 23.7 Å². The summed E-state index contributed by atoms with van der Waals surface area (Å²) in [5.41, 5.74) is 1.86. The molecule has 16 heavy (non-hydrogen) atoms. The van der Waals surface area contributed by atoms with Crippen molar-refractivity contribution in [1.29, 1.82) is 0 Å². The molecule has 0 saturated carbocycles. The van der Waals surface area contributed by atoms with E-state index in [1.165, 1.54) is 0 Å². The Hall–Kier alpha value is -1.83. The maximum absolute atomic E-state index is 10.6. The molecule has 2 heteroatoms. The van der Waals surface area contributed by atoms with Gasteiger partial charge in [0.05, 0.1) is 0 Å². The van der Waals surface area contributed by atoms with Crippen LogP contribution in [0.5, 0.6) is 0 Å². The quantitative estimate of drug-likeness (QED) is 0.788. The molecule has 0 heterocycles. The first-order chi connectivity index (χ1) is 7.83. The highest BCUT2D eigenvalue weighted by Crippen LogP contribution is 2.20. The fourth-order valence-corrected chi connectivity index (χ4v) is 1.72. The number of carbonyl (C=O) groups is 1. The lowest BCUT2D eigenvalue weighted by molar-refractivity contribution is 0.112. The molecule has 0 amide bonds. The SMILES string of the molecule is CCCNc1ccc2cc(C=O)ccc2c1. The van der Waals surface area contributed by atoms with Crippen LogP contribution in [0.3, 0.4) is 0 Å². The van der Waals surface area contributed by atoms with E-state index in [2.05, 4.69) is 18.3 Å². The molecular weight excluding hydrogens is 198 g/mol. The van der Waals surface area contributed by atoms with E-state index in [9.17, 15) is 4.79 Å². The number of benzene rings is 2. The van der Waals surface area contributed by atoms with Crippen LogP contribution in [0.25, 0.3) is 10.8 Å². The smallest absolute Gasteiger partial charge is 0.150 e. The third kappa shape index (κ3) is 2.22. The Morgan fingerprint density at radius 1 is 1.12 bits per heavy atom. The normalized spacial score (nSPS) is 10.3. The highest BCUT2D eigenvalue weighted by atomic mass is 16.1.